The minimum Gasteiger partial charge on any atom is -0.325 e. The maximum Gasteiger partial charge on any atom is 0.237 e. The van der Waals surface area contributed by atoms with Crippen LogP contribution in [0.3, 0.4) is 0 Å². The smallest absolute Gasteiger partial charge is 0.237 e. The number of carbonyl (C=O) groups excluding carboxylic acids is 1. The monoisotopic (exact) mass is 319 g/mol. The third-order valence-corrected chi connectivity index (χ3v) is 4.53. The van der Waals surface area contributed by atoms with E-state index in [0.29, 0.717) is 0 Å². The average molecular weight is 320 g/mol. The Morgan fingerprint density at radius 1 is 1.24 bits per heavy atom. The molecule has 1 atom stereocenters. The van der Waals surface area contributed by atoms with Crippen molar-refractivity contribution >= 4 is 35.0 Å². The van der Waals surface area contributed by atoms with Gasteiger partial charge in [0.1, 0.15) is 0 Å². The van der Waals surface area contributed by atoms with Gasteiger partial charge in [-0.05, 0) is 49.2 Å². The van der Waals surface area contributed by atoms with Crippen LogP contribution in [0.15, 0.2) is 48.5 Å². The maximum atomic E-state index is 12.1. The highest BCUT2D eigenvalue weighted by atomic mass is 35.5. The number of carbonyl (C=O) groups is 1. The number of benzene rings is 2. The van der Waals surface area contributed by atoms with Gasteiger partial charge < -0.3 is 5.32 Å². The van der Waals surface area contributed by atoms with Crippen molar-refractivity contribution in [2.45, 2.75) is 24.9 Å². The summed E-state index contributed by atoms with van der Waals surface area (Å²) >= 11 is 7.47. The molecule has 2 aromatic carbocycles. The van der Waals surface area contributed by atoms with Gasteiger partial charge in [0.15, 0.2) is 0 Å². The van der Waals surface area contributed by atoms with Gasteiger partial charge in [-0.3, -0.25) is 4.79 Å². The van der Waals surface area contributed by atoms with Crippen LogP contribution in [-0.2, 0) is 10.5 Å². The van der Waals surface area contributed by atoms with Gasteiger partial charge in [-0.1, -0.05) is 35.9 Å². The number of amides is 1. The number of hydrogen-bond acceptors (Lipinski definition) is 2. The number of hydrogen-bond donors (Lipinski definition) is 1. The van der Waals surface area contributed by atoms with Crippen LogP contribution in [0, 0.1) is 6.92 Å². The first-order valence-electron chi connectivity index (χ1n) is 6.78. The Kier molecular flexibility index (Phi) is 5.71. The highest BCUT2D eigenvalue weighted by molar-refractivity contribution is 7.99. The lowest BCUT2D eigenvalue weighted by atomic mass is 10.2. The van der Waals surface area contributed by atoms with Crippen LogP contribution in [0.2, 0.25) is 5.02 Å². The van der Waals surface area contributed by atoms with Gasteiger partial charge in [0, 0.05) is 16.5 Å². The van der Waals surface area contributed by atoms with E-state index in [9.17, 15) is 4.79 Å². The molecule has 21 heavy (non-hydrogen) atoms. The molecule has 0 aliphatic carbocycles. The van der Waals surface area contributed by atoms with E-state index in [-0.39, 0.29) is 11.2 Å². The first kappa shape index (κ1) is 15.9. The van der Waals surface area contributed by atoms with E-state index in [1.54, 1.807) is 11.8 Å². The molecule has 4 heteroatoms. The van der Waals surface area contributed by atoms with E-state index in [1.165, 1.54) is 5.56 Å². The number of anilines is 1. The molecule has 0 unspecified atom stereocenters. The molecule has 0 aliphatic heterocycles. The second-order valence-electron chi connectivity index (χ2n) is 4.94. The molecule has 0 saturated carbocycles. The largest absolute Gasteiger partial charge is 0.325 e. The Hall–Kier alpha value is -1.45. The van der Waals surface area contributed by atoms with E-state index in [1.807, 2.05) is 62.4 Å². The Balaban J connectivity index is 1.86. The predicted molar refractivity (Wildman–Crippen MR) is 92.0 cm³/mol. The fourth-order valence-electron chi connectivity index (χ4n) is 1.84. The molecule has 1 N–H and O–H groups in total. The molecule has 0 fully saturated rings. The molecule has 2 rings (SSSR count). The second kappa shape index (κ2) is 7.53. The molecule has 110 valence electrons. The van der Waals surface area contributed by atoms with Gasteiger partial charge >= 0.3 is 0 Å². The Labute approximate surface area is 134 Å². The summed E-state index contributed by atoms with van der Waals surface area (Å²) in [7, 11) is 0. The molecule has 0 radical (unpaired) electrons. The van der Waals surface area contributed by atoms with Crippen molar-refractivity contribution in [3.05, 3.63) is 64.7 Å². The molecular weight excluding hydrogens is 302 g/mol. The second-order valence-corrected chi connectivity index (χ2v) is 6.70. The summed E-state index contributed by atoms with van der Waals surface area (Å²) in [4.78, 5) is 12.1. The Bertz CT molecular complexity index is 612. The van der Waals surface area contributed by atoms with E-state index in [0.717, 1.165) is 22.0 Å². The molecule has 0 saturated heterocycles. The lowest BCUT2D eigenvalue weighted by Crippen LogP contribution is -2.22. The molecule has 0 bridgehead atoms. The topological polar surface area (TPSA) is 29.1 Å². The predicted octanol–water partition coefficient (Wildman–Crippen LogP) is 4.91. The highest BCUT2D eigenvalue weighted by Gasteiger charge is 2.13. The first-order chi connectivity index (χ1) is 10.0. The minimum atomic E-state index is -0.110. The molecule has 2 nitrogen and oxygen atoms in total. The minimum absolute atomic E-state index is 0.0274. The summed E-state index contributed by atoms with van der Waals surface area (Å²) in [5.74, 6) is 0.819. The van der Waals surface area contributed by atoms with Crippen molar-refractivity contribution in [1.29, 1.82) is 0 Å². The number of nitrogens with one attached hydrogen (secondary N) is 1. The molecule has 0 aromatic heterocycles. The standard InChI is InChI=1S/C17H18ClNOS/c1-12-4-3-5-16(10-12)19-17(20)13(2)21-11-14-6-8-15(18)9-7-14/h3-10,13H,11H2,1-2H3,(H,19,20)/t13-/m1/s1. The normalized spacial score (nSPS) is 12.0. The van der Waals surface area contributed by atoms with Crippen molar-refractivity contribution < 1.29 is 4.79 Å². The Morgan fingerprint density at radius 3 is 2.62 bits per heavy atom. The van der Waals surface area contributed by atoms with Crippen molar-refractivity contribution in [3.63, 3.8) is 0 Å². The van der Waals surface area contributed by atoms with Gasteiger partial charge in [-0.15, -0.1) is 11.8 Å². The number of aryl methyl sites for hydroxylation is 1. The maximum absolute atomic E-state index is 12.1. The van der Waals surface area contributed by atoms with Gasteiger partial charge in [0.05, 0.1) is 5.25 Å². The summed E-state index contributed by atoms with van der Waals surface area (Å²) in [6.45, 7) is 3.93. The summed E-state index contributed by atoms with van der Waals surface area (Å²) < 4.78 is 0. The van der Waals surface area contributed by atoms with Gasteiger partial charge in [0.2, 0.25) is 5.91 Å². The summed E-state index contributed by atoms with van der Waals surface area (Å²) in [6, 6.07) is 15.5. The fraction of sp³-hybridized carbons (Fsp3) is 0.235. The third-order valence-electron chi connectivity index (χ3n) is 3.07. The summed E-state index contributed by atoms with van der Waals surface area (Å²) in [5, 5.41) is 3.57. The van der Waals surface area contributed by atoms with Crippen LogP contribution >= 0.6 is 23.4 Å². The zero-order chi connectivity index (χ0) is 15.2. The average Bonchev–Trinajstić information content (AvgIpc) is 2.46. The molecule has 0 aliphatic rings. The third kappa shape index (κ3) is 5.10. The van der Waals surface area contributed by atoms with Crippen molar-refractivity contribution in [3.8, 4) is 0 Å². The molecule has 0 heterocycles. The van der Waals surface area contributed by atoms with Crippen LogP contribution in [0.1, 0.15) is 18.1 Å². The van der Waals surface area contributed by atoms with Crippen LogP contribution in [0.25, 0.3) is 0 Å². The zero-order valence-electron chi connectivity index (χ0n) is 12.1. The molecule has 0 spiro atoms. The molecule has 1 amide bonds. The fourth-order valence-corrected chi connectivity index (χ4v) is 2.82. The van der Waals surface area contributed by atoms with Crippen molar-refractivity contribution in [1.82, 2.24) is 0 Å². The lowest BCUT2D eigenvalue weighted by molar-refractivity contribution is -0.115. The van der Waals surface area contributed by atoms with E-state index in [4.69, 9.17) is 11.6 Å². The molecular formula is C17H18ClNOS. The first-order valence-corrected chi connectivity index (χ1v) is 8.21. The van der Waals surface area contributed by atoms with Gasteiger partial charge in [0.25, 0.3) is 0 Å². The summed E-state index contributed by atoms with van der Waals surface area (Å²) in [5.41, 5.74) is 3.15. The van der Waals surface area contributed by atoms with Crippen LogP contribution in [-0.4, -0.2) is 11.2 Å². The lowest BCUT2D eigenvalue weighted by Gasteiger charge is -2.12. The van der Waals surface area contributed by atoms with Crippen molar-refractivity contribution in [2.24, 2.45) is 0 Å². The molecule has 2 aromatic rings. The van der Waals surface area contributed by atoms with E-state index < -0.39 is 0 Å². The zero-order valence-corrected chi connectivity index (χ0v) is 13.7. The van der Waals surface area contributed by atoms with Gasteiger partial charge in [-0.2, -0.15) is 0 Å². The number of thioether (sulfide) groups is 1. The van der Waals surface area contributed by atoms with Crippen LogP contribution < -0.4 is 5.32 Å². The van der Waals surface area contributed by atoms with E-state index in [2.05, 4.69) is 5.32 Å². The highest BCUT2D eigenvalue weighted by Crippen LogP contribution is 2.21. The van der Waals surface area contributed by atoms with Crippen molar-refractivity contribution in [2.75, 3.05) is 5.32 Å². The number of halogens is 1. The van der Waals surface area contributed by atoms with E-state index >= 15 is 0 Å². The quantitative estimate of drug-likeness (QED) is 0.848. The SMILES string of the molecule is Cc1cccc(NC(=O)[C@@H](C)SCc2ccc(Cl)cc2)c1. The van der Waals surface area contributed by atoms with Crippen LogP contribution in [0.4, 0.5) is 5.69 Å². The van der Waals surface area contributed by atoms with Gasteiger partial charge in [-0.25, -0.2) is 0 Å². The Morgan fingerprint density at radius 2 is 1.95 bits per heavy atom. The summed E-state index contributed by atoms with van der Waals surface area (Å²) in [6.07, 6.45) is 0. The number of rotatable bonds is 5. The van der Waals surface area contributed by atoms with Crippen LogP contribution in [0.5, 0.6) is 0 Å².